The Balaban J connectivity index is 1.30. The van der Waals surface area contributed by atoms with Gasteiger partial charge in [0, 0.05) is 29.6 Å². The number of benzene rings is 2. The number of amides is 2. The van der Waals surface area contributed by atoms with Crippen molar-refractivity contribution in [2.45, 2.75) is 72.3 Å². The maximum Gasteiger partial charge on any atom is 0.419 e. The number of anilines is 2. The summed E-state index contributed by atoms with van der Waals surface area (Å²) in [4.78, 5) is 50.8. The minimum atomic E-state index is -0.658. The number of amidine groups is 1. The van der Waals surface area contributed by atoms with Crippen LogP contribution >= 0.6 is 0 Å². The Morgan fingerprint density at radius 1 is 0.959 bits per heavy atom. The Kier molecular flexibility index (Phi) is 13.9. The fourth-order valence-corrected chi connectivity index (χ4v) is 5.06. The van der Waals surface area contributed by atoms with Crippen LogP contribution in [-0.2, 0) is 20.8 Å². The van der Waals surface area contributed by atoms with Gasteiger partial charge in [-0.25, -0.2) is 14.6 Å². The molecule has 0 unspecified atom stereocenters. The second-order valence-electron chi connectivity index (χ2n) is 11.4. The maximum atomic E-state index is 13.3. The highest BCUT2D eigenvalue weighted by Gasteiger charge is 2.22. The smallest absolute Gasteiger partial charge is 0.419 e. The van der Waals surface area contributed by atoms with E-state index in [2.05, 4.69) is 27.5 Å². The van der Waals surface area contributed by atoms with Crippen molar-refractivity contribution in [3.8, 4) is 5.75 Å². The fraction of sp³-hybridized carbons (Fsp3) is 0.389. The second kappa shape index (κ2) is 18.8. The highest BCUT2D eigenvalue weighted by molar-refractivity contribution is 6.04. The van der Waals surface area contributed by atoms with Gasteiger partial charge >= 0.3 is 18.2 Å². The molecule has 0 aliphatic rings. The third-order valence-electron chi connectivity index (χ3n) is 7.72. The van der Waals surface area contributed by atoms with Crippen LogP contribution in [0.15, 0.2) is 60.9 Å². The van der Waals surface area contributed by atoms with Gasteiger partial charge in [0.1, 0.15) is 17.4 Å². The molecule has 0 saturated carbocycles. The number of rotatable bonds is 17. The molecule has 2 aromatic carbocycles. The normalized spacial score (nSPS) is 10.8. The Bertz CT molecular complexity index is 1690. The monoisotopic (exact) mass is 671 g/mol. The molecule has 0 bridgehead atoms. The lowest BCUT2D eigenvalue weighted by atomic mass is 10.1. The average Bonchev–Trinajstić information content (AvgIpc) is 3.53. The van der Waals surface area contributed by atoms with Gasteiger partial charge in [-0.2, -0.15) is 0 Å². The van der Waals surface area contributed by atoms with Gasteiger partial charge in [-0.3, -0.25) is 25.4 Å². The molecule has 2 heterocycles. The molecule has 4 aromatic rings. The lowest BCUT2D eigenvalue weighted by molar-refractivity contribution is -0.142. The van der Waals surface area contributed by atoms with Gasteiger partial charge in [0.05, 0.1) is 49.1 Å². The lowest BCUT2D eigenvalue weighted by Crippen LogP contribution is -2.35. The summed E-state index contributed by atoms with van der Waals surface area (Å²) in [6, 6.07) is 14.0. The largest absolute Gasteiger partial charge is 0.466 e. The number of fused-ring (bicyclic) bond motifs is 1. The number of carbonyl (C=O) groups is 3. The molecule has 13 nitrogen and oxygen atoms in total. The van der Waals surface area contributed by atoms with Crippen LogP contribution in [0.25, 0.3) is 11.0 Å². The van der Waals surface area contributed by atoms with Crippen molar-refractivity contribution in [2.24, 2.45) is 0 Å². The number of aromatic amines is 1. The predicted octanol–water partition coefficient (Wildman–Crippen LogP) is 7.25. The number of hydrogen-bond donors (Lipinski definition) is 4. The highest BCUT2D eigenvalue weighted by Crippen LogP contribution is 2.27. The van der Waals surface area contributed by atoms with Crippen LogP contribution in [0, 0.1) is 12.3 Å². The number of alkyl carbamates (subject to hydrolysis) is 1. The molecular weight excluding hydrogens is 626 g/mol. The van der Waals surface area contributed by atoms with E-state index in [-0.39, 0.29) is 25.4 Å². The molecule has 0 radical (unpaired) electrons. The van der Waals surface area contributed by atoms with Crippen LogP contribution in [-0.4, -0.2) is 58.7 Å². The zero-order valence-corrected chi connectivity index (χ0v) is 28.3. The number of H-pyrrole nitrogens is 1. The summed E-state index contributed by atoms with van der Waals surface area (Å²) in [7, 11) is 0. The van der Waals surface area contributed by atoms with Gasteiger partial charge in [-0.05, 0) is 68.8 Å². The standard InChI is InChI=1S/C36H45N7O6/c1-4-6-7-8-9-10-22-48-35(45)42-34(37)26-13-15-27(16-14-26)39-24-31-40-29-17-18-30(25(3)33(29)41-31)49-36(46)43(21-19-32(44)47-5-2)28-12-11-20-38-23-28/h11-18,20,23,39H,4-10,19,21-22,24H2,1-3H3,(H,40,41)(H2,37,42,45). The first kappa shape index (κ1) is 36.4. The Morgan fingerprint density at radius 2 is 1.73 bits per heavy atom. The van der Waals surface area contributed by atoms with Crippen molar-refractivity contribution >= 4 is 46.4 Å². The van der Waals surface area contributed by atoms with E-state index in [0.29, 0.717) is 47.1 Å². The molecule has 2 amide bonds. The molecule has 0 atom stereocenters. The molecule has 0 aliphatic heterocycles. The first-order valence-electron chi connectivity index (χ1n) is 16.7. The van der Waals surface area contributed by atoms with Crippen molar-refractivity contribution in [3.63, 3.8) is 0 Å². The van der Waals surface area contributed by atoms with E-state index in [1.165, 1.54) is 30.4 Å². The third-order valence-corrected chi connectivity index (χ3v) is 7.72. The van der Waals surface area contributed by atoms with Crippen molar-refractivity contribution in [2.75, 3.05) is 30.0 Å². The quantitative estimate of drug-likeness (QED) is 0.0390. The first-order chi connectivity index (χ1) is 23.8. The summed E-state index contributed by atoms with van der Waals surface area (Å²) in [6.07, 6.45) is 8.44. The summed E-state index contributed by atoms with van der Waals surface area (Å²) < 4.78 is 16.0. The van der Waals surface area contributed by atoms with Crippen LogP contribution in [0.3, 0.4) is 0 Å². The second-order valence-corrected chi connectivity index (χ2v) is 11.4. The Morgan fingerprint density at radius 3 is 2.47 bits per heavy atom. The Hall–Kier alpha value is -5.46. The molecular formula is C36H45N7O6. The average molecular weight is 672 g/mol. The number of aryl methyl sites for hydroxylation is 1. The van der Waals surface area contributed by atoms with E-state index in [4.69, 9.17) is 24.6 Å². The molecule has 4 N–H and O–H groups in total. The van der Waals surface area contributed by atoms with Crippen LogP contribution in [0.4, 0.5) is 21.0 Å². The summed E-state index contributed by atoms with van der Waals surface area (Å²) >= 11 is 0. The van der Waals surface area contributed by atoms with Crippen LogP contribution < -0.4 is 20.3 Å². The molecule has 260 valence electrons. The van der Waals surface area contributed by atoms with E-state index in [0.717, 1.165) is 30.5 Å². The topological polar surface area (TPSA) is 172 Å². The number of nitrogens with zero attached hydrogens (tertiary/aromatic N) is 3. The predicted molar refractivity (Wildman–Crippen MR) is 188 cm³/mol. The number of nitrogens with one attached hydrogen (secondary N) is 4. The van der Waals surface area contributed by atoms with Crippen molar-refractivity contribution in [3.05, 3.63) is 77.9 Å². The number of ether oxygens (including phenoxy) is 3. The molecule has 0 spiro atoms. The van der Waals surface area contributed by atoms with E-state index < -0.39 is 18.2 Å². The summed E-state index contributed by atoms with van der Waals surface area (Å²) in [5, 5.41) is 14.0. The molecule has 4 rings (SSSR count). The Labute approximate surface area is 286 Å². The van der Waals surface area contributed by atoms with Crippen molar-refractivity contribution in [1.29, 1.82) is 5.41 Å². The molecule has 0 aliphatic carbocycles. The molecule has 2 aromatic heterocycles. The first-order valence-corrected chi connectivity index (χ1v) is 16.7. The minimum Gasteiger partial charge on any atom is -0.466 e. The SMILES string of the molecule is CCCCCCCCOC(=O)NC(=N)c1ccc(NCc2nc3c(C)c(OC(=O)N(CCC(=O)OCC)c4cccnc4)ccc3[nH]2)cc1. The zero-order valence-electron chi connectivity index (χ0n) is 28.3. The van der Waals surface area contributed by atoms with E-state index in [1.54, 1.807) is 49.5 Å². The fourth-order valence-electron chi connectivity index (χ4n) is 5.06. The van der Waals surface area contributed by atoms with Crippen LogP contribution in [0.1, 0.15) is 75.7 Å². The van der Waals surface area contributed by atoms with Crippen LogP contribution in [0.2, 0.25) is 0 Å². The van der Waals surface area contributed by atoms with E-state index >= 15 is 0 Å². The number of pyridine rings is 1. The highest BCUT2D eigenvalue weighted by atomic mass is 16.6. The number of aromatic nitrogens is 3. The number of esters is 1. The molecule has 49 heavy (non-hydrogen) atoms. The van der Waals surface area contributed by atoms with Gasteiger partial charge in [0.15, 0.2) is 0 Å². The van der Waals surface area contributed by atoms with E-state index in [9.17, 15) is 14.4 Å². The van der Waals surface area contributed by atoms with Gasteiger partial charge in [0.25, 0.3) is 0 Å². The number of carbonyl (C=O) groups excluding carboxylic acids is 3. The lowest BCUT2D eigenvalue weighted by Gasteiger charge is -2.22. The number of hydrogen-bond acceptors (Lipinski definition) is 10. The molecule has 0 saturated heterocycles. The van der Waals surface area contributed by atoms with Gasteiger partial charge < -0.3 is 24.5 Å². The van der Waals surface area contributed by atoms with Crippen molar-refractivity contribution in [1.82, 2.24) is 20.3 Å². The third kappa shape index (κ3) is 11.1. The van der Waals surface area contributed by atoms with Gasteiger partial charge in [-0.15, -0.1) is 0 Å². The summed E-state index contributed by atoms with van der Waals surface area (Å²) in [6.45, 7) is 6.76. The minimum absolute atomic E-state index is 0.00170. The van der Waals surface area contributed by atoms with Gasteiger partial charge in [-0.1, -0.05) is 39.0 Å². The molecule has 13 heteroatoms. The van der Waals surface area contributed by atoms with E-state index in [1.807, 2.05) is 19.1 Å². The summed E-state index contributed by atoms with van der Waals surface area (Å²) in [5.41, 5.74) is 3.94. The number of unbranched alkanes of at least 4 members (excludes halogenated alkanes) is 5. The number of imidazole rings is 1. The summed E-state index contributed by atoms with van der Waals surface area (Å²) in [5.74, 6) is 0.556. The van der Waals surface area contributed by atoms with Crippen LogP contribution in [0.5, 0.6) is 5.75 Å². The maximum absolute atomic E-state index is 13.3. The molecule has 0 fully saturated rings. The van der Waals surface area contributed by atoms with Gasteiger partial charge in [0.2, 0.25) is 0 Å². The van der Waals surface area contributed by atoms with Crippen molar-refractivity contribution < 1.29 is 28.6 Å². The zero-order chi connectivity index (χ0) is 35.0.